The van der Waals surface area contributed by atoms with Gasteiger partial charge in [0.1, 0.15) is 5.82 Å². The van der Waals surface area contributed by atoms with Gasteiger partial charge in [0.2, 0.25) is 0 Å². The fraction of sp³-hybridized carbons (Fsp3) is 0.406. The number of nitrogens with zero attached hydrogens (tertiary/aromatic N) is 2. The number of nitrogen functional groups attached to an aromatic ring is 1. The normalized spacial score (nSPS) is 18.5. The van der Waals surface area contributed by atoms with E-state index < -0.39 is 5.97 Å². The number of anilines is 1. The van der Waals surface area contributed by atoms with Gasteiger partial charge in [-0.05, 0) is 92.0 Å². The summed E-state index contributed by atoms with van der Waals surface area (Å²) < 4.78 is 0. The van der Waals surface area contributed by atoms with Gasteiger partial charge in [-0.25, -0.2) is 4.99 Å². The Labute approximate surface area is 231 Å². The van der Waals surface area contributed by atoms with Gasteiger partial charge in [-0.3, -0.25) is 9.59 Å². The molecular formula is C32H40N4O3. The highest BCUT2D eigenvalue weighted by atomic mass is 16.4. The lowest BCUT2D eigenvalue weighted by Gasteiger charge is -2.38. The van der Waals surface area contributed by atoms with Crippen LogP contribution in [0.5, 0.6) is 0 Å². The molecule has 1 amide bonds. The van der Waals surface area contributed by atoms with Crippen molar-refractivity contribution < 1.29 is 14.7 Å². The second kappa shape index (κ2) is 12.3. The van der Waals surface area contributed by atoms with Crippen LogP contribution >= 0.6 is 0 Å². The van der Waals surface area contributed by atoms with Crippen molar-refractivity contribution in [3.8, 4) is 11.1 Å². The van der Waals surface area contributed by atoms with E-state index in [1.807, 2.05) is 68.5 Å². The number of aliphatic imine (C=N–C) groups is 1. The highest BCUT2D eigenvalue weighted by Crippen LogP contribution is 2.52. The fourth-order valence-corrected chi connectivity index (χ4v) is 5.65. The maximum absolute atomic E-state index is 13.0. The molecule has 1 atom stereocenters. The molecule has 1 heterocycles. The number of hydrogen-bond donors (Lipinski definition) is 3. The predicted octanol–water partition coefficient (Wildman–Crippen LogP) is 6.04. The fourth-order valence-electron chi connectivity index (χ4n) is 5.65. The van der Waals surface area contributed by atoms with Gasteiger partial charge in [-0.15, -0.1) is 0 Å². The summed E-state index contributed by atoms with van der Waals surface area (Å²) in [6.45, 7) is 7.16. The maximum Gasteiger partial charge on any atom is 0.305 e. The van der Waals surface area contributed by atoms with Crippen molar-refractivity contribution in [2.24, 2.45) is 10.4 Å². The molecule has 2 aromatic rings. The minimum atomic E-state index is -0.781. The van der Waals surface area contributed by atoms with E-state index in [9.17, 15) is 14.7 Å². The third-order valence-corrected chi connectivity index (χ3v) is 7.70. The van der Waals surface area contributed by atoms with Gasteiger partial charge >= 0.3 is 5.97 Å². The van der Waals surface area contributed by atoms with Crippen LogP contribution in [0.3, 0.4) is 0 Å². The number of hydrogen-bond acceptors (Lipinski definition) is 5. The molecule has 206 valence electrons. The molecule has 1 aliphatic carbocycles. The van der Waals surface area contributed by atoms with Crippen molar-refractivity contribution in [2.45, 2.75) is 65.3 Å². The molecule has 39 heavy (non-hydrogen) atoms. The molecule has 1 spiro atoms. The second-order valence-corrected chi connectivity index (χ2v) is 11.1. The topological polar surface area (TPSA) is 108 Å². The van der Waals surface area contributed by atoms with Crippen molar-refractivity contribution in [1.29, 1.82) is 0 Å². The molecule has 1 unspecified atom stereocenters. The van der Waals surface area contributed by atoms with Gasteiger partial charge < -0.3 is 21.1 Å². The summed E-state index contributed by atoms with van der Waals surface area (Å²) in [5.74, 6) is -0.145. The molecular weight excluding hydrogens is 488 g/mol. The van der Waals surface area contributed by atoms with Crippen LogP contribution in [0.25, 0.3) is 11.1 Å². The third kappa shape index (κ3) is 7.16. The van der Waals surface area contributed by atoms with Gasteiger partial charge in [0, 0.05) is 36.1 Å². The molecule has 0 bridgehead atoms. The number of carboxylic acid groups (broad SMARTS) is 1. The quantitative estimate of drug-likeness (QED) is 0.198. The molecule has 7 heteroatoms. The van der Waals surface area contributed by atoms with Gasteiger partial charge in [0.05, 0.1) is 6.42 Å². The number of benzene rings is 2. The van der Waals surface area contributed by atoms with Crippen molar-refractivity contribution in [2.75, 3.05) is 18.8 Å². The van der Waals surface area contributed by atoms with E-state index in [2.05, 4.69) is 23.2 Å². The van der Waals surface area contributed by atoms with Crippen molar-refractivity contribution in [3.05, 3.63) is 77.6 Å². The number of rotatable bonds is 10. The van der Waals surface area contributed by atoms with Gasteiger partial charge in [-0.1, -0.05) is 43.7 Å². The van der Waals surface area contributed by atoms with E-state index in [1.165, 1.54) is 6.42 Å². The Balaban J connectivity index is 1.49. The molecule has 1 saturated heterocycles. The predicted molar refractivity (Wildman–Crippen MR) is 158 cm³/mol. The number of carboxylic acids is 1. The monoisotopic (exact) mass is 528 g/mol. The van der Waals surface area contributed by atoms with Crippen LogP contribution in [0.1, 0.15) is 69.7 Å². The number of nitrogens with two attached hydrogens (primary N) is 1. The Morgan fingerprint density at radius 3 is 2.28 bits per heavy atom. The standard InChI is InChI=1S/C32H40N4O3/c1-4-6-23(20-34-31(39)26-9-7-24(8-10-26)25-11-13-27(33)14-12-25)17-29(35-22(2)3)36-21-32(15-5-16-32)19-28(36)18-30(37)38/h6-14,17,28H,4-5,15-16,18-21,33H2,1-3H3,(H,34,39)(H,37,38)/b23-6-,29-17+. The number of nitrogens with one attached hydrogen (secondary N) is 1. The zero-order valence-corrected chi connectivity index (χ0v) is 23.2. The lowest BCUT2D eigenvalue weighted by molar-refractivity contribution is -0.138. The SMILES string of the molecule is CC/C=C(/C=C(\N=C(C)C)N1CC2(CCC2)CC1CC(=O)O)CNC(=O)c1ccc(-c2ccc(N)cc2)cc1. The first-order chi connectivity index (χ1) is 18.7. The van der Waals surface area contributed by atoms with E-state index in [-0.39, 0.29) is 23.8 Å². The number of amides is 1. The molecule has 7 nitrogen and oxygen atoms in total. The summed E-state index contributed by atoms with van der Waals surface area (Å²) in [6, 6.07) is 15.1. The maximum atomic E-state index is 13.0. The van der Waals surface area contributed by atoms with Crippen LogP contribution in [0.4, 0.5) is 5.69 Å². The summed E-state index contributed by atoms with van der Waals surface area (Å²) in [4.78, 5) is 31.7. The van der Waals surface area contributed by atoms with E-state index in [0.717, 1.165) is 60.5 Å². The Morgan fingerprint density at radius 2 is 1.74 bits per heavy atom. The minimum Gasteiger partial charge on any atom is -0.481 e. The van der Waals surface area contributed by atoms with Crippen LogP contribution in [-0.2, 0) is 4.79 Å². The molecule has 1 aliphatic heterocycles. The van der Waals surface area contributed by atoms with Crippen molar-refractivity contribution >= 4 is 23.3 Å². The number of allylic oxidation sites excluding steroid dienone is 1. The van der Waals surface area contributed by atoms with Gasteiger partial charge in [0.15, 0.2) is 0 Å². The number of likely N-dealkylation sites (tertiary alicyclic amines) is 1. The zero-order valence-electron chi connectivity index (χ0n) is 23.2. The lowest BCUT2D eigenvalue weighted by atomic mass is 9.67. The highest BCUT2D eigenvalue weighted by molar-refractivity contribution is 5.94. The molecule has 1 saturated carbocycles. The summed E-state index contributed by atoms with van der Waals surface area (Å²) in [5.41, 5.74) is 11.2. The Bertz CT molecular complexity index is 1270. The third-order valence-electron chi connectivity index (χ3n) is 7.70. The average Bonchev–Trinajstić information content (AvgIpc) is 3.27. The first kappa shape index (κ1) is 28.1. The van der Waals surface area contributed by atoms with Crippen molar-refractivity contribution in [3.63, 3.8) is 0 Å². The first-order valence-corrected chi connectivity index (χ1v) is 13.8. The smallest absolute Gasteiger partial charge is 0.305 e. The number of aliphatic carboxylic acids is 1. The van der Waals surface area contributed by atoms with E-state index >= 15 is 0 Å². The summed E-state index contributed by atoms with van der Waals surface area (Å²) in [6.07, 6.45) is 9.41. The zero-order chi connectivity index (χ0) is 28.0. The highest BCUT2D eigenvalue weighted by Gasteiger charge is 2.48. The Kier molecular flexibility index (Phi) is 8.90. The molecule has 0 radical (unpaired) electrons. The number of carbonyl (C=O) groups excluding carboxylic acids is 1. The Hall–Kier alpha value is -3.87. The molecule has 2 aliphatic rings. The minimum absolute atomic E-state index is 0.0748. The number of carbonyl (C=O) groups is 2. The van der Waals surface area contributed by atoms with Crippen LogP contribution in [0.15, 0.2) is 77.1 Å². The molecule has 4 N–H and O–H groups in total. The molecule has 0 aromatic heterocycles. The van der Waals surface area contributed by atoms with Gasteiger partial charge in [0.25, 0.3) is 5.91 Å². The van der Waals surface area contributed by atoms with Crippen LogP contribution in [0, 0.1) is 5.41 Å². The molecule has 2 aromatic carbocycles. The summed E-state index contributed by atoms with van der Waals surface area (Å²) in [5, 5.41) is 12.6. The summed E-state index contributed by atoms with van der Waals surface area (Å²) >= 11 is 0. The van der Waals surface area contributed by atoms with Crippen LogP contribution < -0.4 is 11.1 Å². The molecule has 4 rings (SSSR count). The van der Waals surface area contributed by atoms with E-state index in [1.54, 1.807) is 0 Å². The second-order valence-electron chi connectivity index (χ2n) is 11.1. The first-order valence-electron chi connectivity index (χ1n) is 13.8. The average molecular weight is 529 g/mol. The van der Waals surface area contributed by atoms with Crippen LogP contribution in [-0.4, -0.2) is 46.7 Å². The van der Waals surface area contributed by atoms with E-state index in [0.29, 0.717) is 17.8 Å². The molecule has 2 fully saturated rings. The van der Waals surface area contributed by atoms with E-state index in [4.69, 9.17) is 10.7 Å². The van der Waals surface area contributed by atoms with Crippen molar-refractivity contribution in [1.82, 2.24) is 10.2 Å². The Morgan fingerprint density at radius 1 is 1.10 bits per heavy atom. The summed E-state index contributed by atoms with van der Waals surface area (Å²) in [7, 11) is 0. The van der Waals surface area contributed by atoms with Crippen LogP contribution in [0.2, 0.25) is 0 Å². The van der Waals surface area contributed by atoms with Gasteiger partial charge in [-0.2, -0.15) is 0 Å². The lowest BCUT2D eigenvalue weighted by Crippen LogP contribution is -2.34. The largest absolute Gasteiger partial charge is 0.481 e.